The van der Waals surface area contributed by atoms with Gasteiger partial charge in [-0.05, 0) is 39.3 Å². The number of ether oxygens (including phenoxy) is 1. The number of esters is 1. The maximum atomic E-state index is 12.8. The number of furan rings is 1. The Morgan fingerprint density at radius 2 is 2.00 bits per heavy atom. The van der Waals surface area contributed by atoms with Crippen LogP contribution in [0.1, 0.15) is 44.8 Å². The first-order valence-corrected chi connectivity index (χ1v) is 9.07. The van der Waals surface area contributed by atoms with Crippen LogP contribution in [0.15, 0.2) is 26.4 Å². The quantitative estimate of drug-likeness (QED) is 0.386. The number of hydrogen-bond donors (Lipinski definition) is 1. The third kappa shape index (κ3) is 3.55. The Hall–Kier alpha value is -2.81. The van der Waals surface area contributed by atoms with E-state index < -0.39 is 11.2 Å². The van der Waals surface area contributed by atoms with Crippen LogP contribution in [0.2, 0.25) is 0 Å². The van der Waals surface area contributed by atoms with E-state index in [0.717, 1.165) is 11.8 Å². The molecule has 3 rings (SSSR count). The van der Waals surface area contributed by atoms with Crippen LogP contribution in [-0.4, -0.2) is 39.3 Å². The van der Waals surface area contributed by atoms with E-state index in [1.54, 1.807) is 40.0 Å². The lowest BCUT2D eigenvalue weighted by molar-refractivity contribution is 0.0599. The van der Waals surface area contributed by atoms with Crippen LogP contribution in [0.5, 0.6) is 0 Å². The Balaban J connectivity index is 1.78. The first kappa shape index (κ1) is 19.0. The smallest absolute Gasteiger partial charge is 0.339 e. The molecular formula is C18H19N3O5S. The van der Waals surface area contributed by atoms with E-state index in [1.165, 1.54) is 7.11 Å². The zero-order chi connectivity index (χ0) is 19.7. The van der Waals surface area contributed by atoms with Crippen molar-refractivity contribution in [3.8, 4) is 11.5 Å². The van der Waals surface area contributed by atoms with Crippen molar-refractivity contribution in [1.29, 1.82) is 0 Å². The van der Waals surface area contributed by atoms with Gasteiger partial charge in [-0.15, -0.1) is 10.2 Å². The van der Waals surface area contributed by atoms with Crippen molar-refractivity contribution in [3.05, 3.63) is 40.6 Å². The molecule has 0 bridgehead atoms. The highest BCUT2D eigenvalue weighted by molar-refractivity contribution is 8.00. The summed E-state index contributed by atoms with van der Waals surface area (Å²) in [7, 11) is 1.31. The molecule has 1 N–H and O–H groups in total. The molecule has 8 nitrogen and oxygen atoms in total. The second-order valence-corrected chi connectivity index (χ2v) is 7.30. The van der Waals surface area contributed by atoms with Crippen molar-refractivity contribution in [2.24, 2.45) is 0 Å². The molecule has 142 valence electrons. The molecule has 0 amide bonds. The van der Waals surface area contributed by atoms with Gasteiger partial charge in [-0.2, -0.15) is 0 Å². The summed E-state index contributed by atoms with van der Waals surface area (Å²) < 4.78 is 15.6. The highest BCUT2D eigenvalue weighted by atomic mass is 32.2. The van der Waals surface area contributed by atoms with Gasteiger partial charge in [0, 0.05) is 5.69 Å². The zero-order valence-corrected chi connectivity index (χ0v) is 16.4. The molecule has 1 atom stereocenters. The van der Waals surface area contributed by atoms with Crippen molar-refractivity contribution >= 4 is 23.5 Å². The van der Waals surface area contributed by atoms with Gasteiger partial charge in [-0.25, -0.2) is 4.79 Å². The Kier molecular flexibility index (Phi) is 5.22. The molecule has 0 radical (unpaired) electrons. The fourth-order valence-electron chi connectivity index (χ4n) is 2.79. The van der Waals surface area contributed by atoms with Gasteiger partial charge in [0.05, 0.1) is 35.4 Å². The van der Waals surface area contributed by atoms with Crippen LogP contribution in [0.25, 0.3) is 11.5 Å². The van der Waals surface area contributed by atoms with Crippen LogP contribution in [0.3, 0.4) is 0 Å². The standard InChI is InChI=1S/C18H19N3O5S/c1-8-13(17(23)24-5)9(2)19-14(8)15(22)11(4)27-18-21-20-16(26-18)12-6-7-25-10(12)3/h6-7,11,19H,1-5H3/t11-/m0/s1. The molecular weight excluding hydrogens is 370 g/mol. The van der Waals surface area contributed by atoms with Gasteiger partial charge in [0.1, 0.15) is 5.76 Å². The lowest BCUT2D eigenvalue weighted by Crippen LogP contribution is -2.15. The van der Waals surface area contributed by atoms with Crippen LogP contribution >= 0.6 is 11.8 Å². The molecule has 3 aromatic rings. The molecule has 0 aliphatic carbocycles. The molecule has 0 aliphatic heterocycles. The number of rotatable bonds is 6. The Morgan fingerprint density at radius 1 is 1.26 bits per heavy atom. The van der Waals surface area contributed by atoms with Crippen molar-refractivity contribution in [3.63, 3.8) is 0 Å². The molecule has 0 saturated heterocycles. The molecule has 0 saturated carbocycles. The second-order valence-electron chi connectivity index (χ2n) is 6.00. The number of nitrogens with zero attached hydrogens (tertiary/aromatic N) is 2. The summed E-state index contributed by atoms with van der Waals surface area (Å²) in [5.41, 5.74) is 2.63. The third-order valence-electron chi connectivity index (χ3n) is 4.22. The summed E-state index contributed by atoms with van der Waals surface area (Å²) in [6.07, 6.45) is 1.54. The number of aryl methyl sites for hydroxylation is 2. The minimum atomic E-state index is -0.494. The number of Topliss-reactive ketones (excluding diaryl/α,β-unsaturated/α-hetero) is 1. The average molecular weight is 389 g/mol. The average Bonchev–Trinajstić information content (AvgIpc) is 3.33. The topological polar surface area (TPSA) is 111 Å². The minimum Gasteiger partial charge on any atom is -0.469 e. The minimum absolute atomic E-state index is 0.171. The molecule has 3 aromatic heterocycles. The van der Waals surface area contributed by atoms with Gasteiger partial charge >= 0.3 is 5.97 Å². The molecule has 0 unspecified atom stereocenters. The third-order valence-corrected chi connectivity index (χ3v) is 5.15. The van der Waals surface area contributed by atoms with Crippen molar-refractivity contribution in [2.45, 2.75) is 38.2 Å². The maximum Gasteiger partial charge on any atom is 0.339 e. The molecule has 3 heterocycles. The number of carbonyl (C=O) groups is 2. The Bertz CT molecular complexity index is 1000. The first-order chi connectivity index (χ1) is 12.8. The summed E-state index contributed by atoms with van der Waals surface area (Å²) in [6.45, 7) is 6.99. The first-order valence-electron chi connectivity index (χ1n) is 8.19. The van der Waals surface area contributed by atoms with Crippen LogP contribution in [0.4, 0.5) is 0 Å². The SMILES string of the molecule is COC(=O)c1c(C)[nH]c(C(=O)[C@H](C)Sc2nnc(-c3ccoc3C)o2)c1C. The fourth-order valence-corrected chi connectivity index (χ4v) is 3.53. The van der Waals surface area contributed by atoms with Gasteiger partial charge in [-0.1, -0.05) is 11.8 Å². The number of carbonyl (C=O) groups excluding carboxylic acids is 2. The predicted molar refractivity (Wildman–Crippen MR) is 98.0 cm³/mol. The normalized spacial score (nSPS) is 12.2. The monoisotopic (exact) mass is 389 g/mol. The highest BCUT2D eigenvalue weighted by Gasteiger charge is 2.27. The highest BCUT2D eigenvalue weighted by Crippen LogP contribution is 2.30. The molecule has 27 heavy (non-hydrogen) atoms. The molecule has 0 aliphatic rings. The van der Waals surface area contributed by atoms with E-state index in [9.17, 15) is 9.59 Å². The fraction of sp³-hybridized carbons (Fsp3) is 0.333. The largest absolute Gasteiger partial charge is 0.469 e. The van der Waals surface area contributed by atoms with Crippen LogP contribution < -0.4 is 0 Å². The van der Waals surface area contributed by atoms with Crippen molar-refractivity contribution in [2.75, 3.05) is 7.11 Å². The van der Waals surface area contributed by atoms with Crippen molar-refractivity contribution < 1.29 is 23.2 Å². The Morgan fingerprint density at radius 3 is 2.63 bits per heavy atom. The number of ketones is 1. The van der Waals surface area contributed by atoms with E-state index in [-0.39, 0.29) is 11.0 Å². The van der Waals surface area contributed by atoms with E-state index in [4.69, 9.17) is 13.6 Å². The van der Waals surface area contributed by atoms with E-state index in [1.807, 2.05) is 0 Å². The van der Waals surface area contributed by atoms with Crippen LogP contribution in [-0.2, 0) is 4.74 Å². The molecule has 0 spiro atoms. The Labute approximate surface area is 159 Å². The number of aromatic amines is 1. The van der Waals surface area contributed by atoms with E-state index in [0.29, 0.717) is 39.7 Å². The molecule has 0 aromatic carbocycles. The number of H-pyrrole nitrogens is 1. The van der Waals surface area contributed by atoms with E-state index >= 15 is 0 Å². The van der Waals surface area contributed by atoms with Crippen molar-refractivity contribution in [1.82, 2.24) is 15.2 Å². The van der Waals surface area contributed by atoms with Crippen LogP contribution in [0, 0.1) is 20.8 Å². The van der Waals surface area contributed by atoms with Gasteiger partial charge in [0.25, 0.3) is 11.1 Å². The second kappa shape index (κ2) is 7.43. The number of thioether (sulfide) groups is 1. The van der Waals surface area contributed by atoms with Gasteiger partial charge in [0.15, 0.2) is 5.78 Å². The predicted octanol–water partition coefficient (Wildman–Crippen LogP) is 3.73. The lowest BCUT2D eigenvalue weighted by Gasteiger charge is -2.07. The summed E-state index contributed by atoms with van der Waals surface area (Å²) in [4.78, 5) is 27.7. The zero-order valence-electron chi connectivity index (χ0n) is 15.6. The van der Waals surface area contributed by atoms with Gasteiger partial charge in [-0.3, -0.25) is 4.79 Å². The van der Waals surface area contributed by atoms with Gasteiger partial charge in [0.2, 0.25) is 0 Å². The maximum absolute atomic E-state index is 12.8. The summed E-state index contributed by atoms with van der Waals surface area (Å²) in [5, 5.41) is 7.76. The number of hydrogen-bond acceptors (Lipinski definition) is 8. The summed E-state index contributed by atoms with van der Waals surface area (Å²) >= 11 is 1.15. The van der Waals surface area contributed by atoms with Gasteiger partial charge < -0.3 is 18.6 Å². The summed E-state index contributed by atoms with van der Waals surface area (Å²) in [6, 6.07) is 1.74. The molecule has 9 heteroatoms. The number of methoxy groups -OCH3 is 1. The number of aromatic nitrogens is 3. The summed E-state index contributed by atoms with van der Waals surface area (Å²) in [5.74, 6) is 0.364. The number of nitrogens with one attached hydrogen (secondary N) is 1. The lowest BCUT2D eigenvalue weighted by atomic mass is 10.1. The van der Waals surface area contributed by atoms with E-state index in [2.05, 4.69) is 15.2 Å². The molecule has 0 fully saturated rings.